The number of carbonyl (C=O) groups is 1. The van der Waals surface area contributed by atoms with Crippen LogP contribution >= 0.6 is 0 Å². The Morgan fingerprint density at radius 1 is 1.11 bits per heavy atom. The Kier molecular flexibility index (Phi) is 5.91. The molecule has 0 unspecified atom stereocenters. The Balaban J connectivity index is 1.86. The molecule has 0 bridgehead atoms. The second-order valence-corrected chi connectivity index (χ2v) is 6.28. The maximum Gasteiger partial charge on any atom is 0.347 e. The quantitative estimate of drug-likeness (QED) is 0.348. The van der Waals surface area contributed by atoms with Gasteiger partial charge < -0.3 is 13.9 Å². The Morgan fingerprint density at radius 2 is 1.89 bits per heavy atom. The van der Waals surface area contributed by atoms with E-state index in [1.54, 1.807) is 19.1 Å². The van der Waals surface area contributed by atoms with Gasteiger partial charge in [0.1, 0.15) is 11.3 Å². The molecule has 0 aliphatic heterocycles. The van der Waals surface area contributed by atoms with Crippen molar-refractivity contribution in [3.05, 3.63) is 65.0 Å². The Morgan fingerprint density at radius 3 is 2.63 bits per heavy atom. The zero-order valence-corrected chi connectivity index (χ0v) is 15.4. The van der Waals surface area contributed by atoms with Gasteiger partial charge in [-0.3, -0.25) is 0 Å². The van der Waals surface area contributed by atoms with Gasteiger partial charge in [0.2, 0.25) is 0 Å². The van der Waals surface area contributed by atoms with Crippen LogP contribution in [0.3, 0.4) is 0 Å². The van der Waals surface area contributed by atoms with Crippen molar-refractivity contribution >= 4 is 16.9 Å². The first-order valence-electron chi connectivity index (χ1n) is 9.05. The number of rotatable bonds is 7. The Labute approximate surface area is 157 Å². The number of unbranched alkanes of at least 4 members (excludes halogenated alkanes) is 1. The maximum atomic E-state index is 12.0. The van der Waals surface area contributed by atoms with Crippen molar-refractivity contribution in [2.45, 2.75) is 32.8 Å². The second kappa shape index (κ2) is 8.54. The third-order valence-corrected chi connectivity index (χ3v) is 4.19. The zero-order valence-electron chi connectivity index (χ0n) is 15.4. The molecule has 0 radical (unpaired) electrons. The fraction of sp³-hybridized carbons (Fsp3) is 0.273. The van der Waals surface area contributed by atoms with Crippen molar-refractivity contribution in [1.29, 1.82) is 0 Å². The van der Waals surface area contributed by atoms with Crippen LogP contribution in [0.5, 0.6) is 5.75 Å². The monoisotopic (exact) mass is 366 g/mol. The summed E-state index contributed by atoms with van der Waals surface area (Å²) < 4.78 is 16.2. The van der Waals surface area contributed by atoms with Gasteiger partial charge in [-0.2, -0.15) is 0 Å². The van der Waals surface area contributed by atoms with Gasteiger partial charge in [0, 0.05) is 17.5 Å². The van der Waals surface area contributed by atoms with Gasteiger partial charge in [-0.05, 0) is 36.6 Å². The molecule has 27 heavy (non-hydrogen) atoms. The molecular formula is C22H22O5. The first-order valence-corrected chi connectivity index (χ1v) is 9.05. The minimum Gasteiger partial charge on any atom is -0.479 e. The van der Waals surface area contributed by atoms with Crippen LogP contribution in [0.25, 0.3) is 22.1 Å². The van der Waals surface area contributed by atoms with Crippen LogP contribution in [0.4, 0.5) is 0 Å². The minimum atomic E-state index is -0.747. The highest BCUT2D eigenvalue weighted by molar-refractivity contribution is 5.93. The summed E-state index contributed by atoms with van der Waals surface area (Å²) in [5, 5.41) is 0.798. The van der Waals surface area contributed by atoms with Gasteiger partial charge in [0.15, 0.2) is 6.10 Å². The average molecular weight is 366 g/mol. The smallest absolute Gasteiger partial charge is 0.347 e. The number of hydrogen-bond acceptors (Lipinski definition) is 5. The topological polar surface area (TPSA) is 65.7 Å². The molecule has 0 saturated heterocycles. The summed E-state index contributed by atoms with van der Waals surface area (Å²) in [6.45, 7) is 4.05. The highest BCUT2D eigenvalue weighted by atomic mass is 16.6. The van der Waals surface area contributed by atoms with E-state index in [0.29, 0.717) is 17.9 Å². The second-order valence-electron chi connectivity index (χ2n) is 6.28. The van der Waals surface area contributed by atoms with Crippen LogP contribution < -0.4 is 10.4 Å². The van der Waals surface area contributed by atoms with E-state index in [2.05, 4.69) is 0 Å². The summed E-state index contributed by atoms with van der Waals surface area (Å²) in [5.41, 5.74) is 1.69. The first kappa shape index (κ1) is 18.7. The molecule has 0 amide bonds. The van der Waals surface area contributed by atoms with Crippen molar-refractivity contribution in [2.75, 3.05) is 6.61 Å². The lowest BCUT2D eigenvalue weighted by molar-refractivity contribution is -0.151. The van der Waals surface area contributed by atoms with Gasteiger partial charge in [-0.1, -0.05) is 43.7 Å². The van der Waals surface area contributed by atoms with E-state index in [1.807, 2.05) is 43.3 Å². The molecule has 0 spiro atoms. The lowest BCUT2D eigenvalue weighted by atomic mass is 10.0. The van der Waals surface area contributed by atoms with Gasteiger partial charge >= 0.3 is 11.6 Å². The third kappa shape index (κ3) is 4.56. The standard InChI is InChI=1S/C22H22O5/c1-3-4-12-25-22(24)15(2)26-17-10-11-18-19(16-8-6-5-7-9-16)14-21(23)27-20(18)13-17/h5-11,13-15H,3-4,12H2,1-2H3/t15-/m0/s1. The Hall–Kier alpha value is -3.08. The van der Waals surface area contributed by atoms with Gasteiger partial charge in [-0.15, -0.1) is 0 Å². The van der Waals surface area contributed by atoms with E-state index in [0.717, 1.165) is 29.4 Å². The molecule has 0 saturated carbocycles. The maximum absolute atomic E-state index is 12.0. The molecule has 0 fully saturated rings. The third-order valence-electron chi connectivity index (χ3n) is 4.19. The molecule has 2 aromatic carbocycles. The van der Waals surface area contributed by atoms with Crippen LogP contribution in [0.1, 0.15) is 26.7 Å². The van der Waals surface area contributed by atoms with E-state index >= 15 is 0 Å². The van der Waals surface area contributed by atoms with E-state index in [4.69, 9.17) is 13.9 Å². The molecule has 0 aliphatic carbocycles. The van der Waals surface area contributed by atoms with Crippen LogP contribution in [-0.4, -0.2) is 18.7 Å². The van der Waals surface area contributed by atoms with Gasteiger partial charge in [0.05, 0.1) is 6.61 Å². The fourth-order valence-electron chi connectivity index (χ4n) is 2.76. The summed E-state index contributed by atoms with van der Waals surface area (Å²) in [6, 6.07) is 16.3. The van der Waals surface area contributed by atoms with Crippen LogP contribution in [0, 0.1) is 0 Å². The summed E-state index contributed by atoms with van der Waals surface area (Å²) >= 11 is 0. The van der Waals surface area contributed by atoms with E-state index in [-0.39, 0.29) is 0 Å². The highest BCUT2D eigenvalue weighted by Gasteiger charge is 2.17. The summed E-state index contributed by atoms with van der Waals surface area (Å²) in [5.74, 6) is 0.0267. The lowest BCUT2D eigenvalue weighted by Gasteiger charge is -2.14. The largest absolute Gasteiger partial charge is 0.479 e. The highest BCUT2D eigenvalue weighted by Crippen LogP contribution is 2.29. The van der Waals surface area contributed by atoms with E-state index in [1.165, 1.54) is 6.07 Å². The van der Waals surface area contributed by atoms with Gasteiger partial charge in [0.25, 0.3) is 0 Å². The molecule has 1 atom stereocenters. The van der Waals surface area contributed by atoms with Crippen molar-refractivity contribution in [3.8, 4) is 16.9 Å². The average Bonchev–Trinajstić information content (AvgIpc) is 2.67. The number of carbonyl (C=O) groups excluding carboxylic acids is 1. The molecule has 3 aromatic rings. The van der Waals surface area contributed by atoms with Gasteiger partial charge in [-0.25, -0.2) is 9.59 Å². The molecular weight excluding hydrogens is 344 g/mol. The number of fused-ring (bicyclic) bond motifs is 1. The van der Waals surface area contributed by atoms with E-state index in [9.17, 15) is 9.59 Å². The zero-order chi connectivity index (χ0) is 19.2. The van der Waals surface area contributed by atoms with Crippen molar-refractivity contribution in [3.63, 3.8) is 0 Å². The predicted molar refractivity (Wildman–Crippen MR) is 104 cm³/mol. The lowest BCUT2D eigenvalue weighted by Crippen LogP contribution is -2.26. The number of benzene rings is 2. The molecule has 5 nitrogen and oxygen atoms in total. The molecule has 1 aromatic heterocycles. The predicted octanol–water partition coefficient (Wildman–Crippen LogP) is 4.57. The first-order chi connectivity index (χ1) is 13.1. The number of ether oxygens (including phenoxy) is 2. The van der Waals surface area contributed by atoms with Crippen molar-refractivity contribution < 1.29 is 18.7 Å². The van der Waals surface area contributed by atoms with Crippen LogP contribution in [-0.2, 0) is 9.53 Å². The summed E-state index contributed by atoms with van der Waals surface area (Å²) in [4.78, 5) is 23.9. The molecule has 3 rings (SSSR count). The molecule has 0 aliphatic rings. The fourth-order valence-corrected chi connectivity index (χ4v) is 2.76. The van der Waals surface area contributed by atoms with E-state index < -0.39 is 17.7 Å². The van der Waals surface area contributed by atoms with Crippen molar-refractivity contribution in [1.82, 2.24) is 0 Å². The molecule has 0 N–H and O–H groups in total. The van der Waals surface area contributed by atoms with Crippen LogP contribution in [0.2, 0.25) is 0 Å². The summed E-state index contributed by atoms with van der Waals surface area (Å²) in [6.07, 6.45) is 1.03. The molecule has 140 valence electrons. The Bertz CT molecular complexity index is 975. The number of hydrogen-bond donors (Lipinski definition) is 0. The number of esters is 1. The molecule has 5 heteroatoms. The SMILES string of the molecule is CCCCOC(=O)[C@H](C)Oc1ccc2c(-c3ccccc3)cc(=O)oc2c1. The van der Waals surface area contributed by atoms with Crippen LogP contribution in [0.15, 0.2) is 63.8 Å². The molecule has 1 heterocycles. The normalized spacial score (nSPS) is 11.9. The summed E-state index contributed by atoms with van der Waals surface area (Å²) in [7, 11) is 0. The van der Waals surface area contributed by atoms with Crippen molar-refractivity contribution in [2.24, 2.45) is 0 Å². The minimum absolute atomic E-state index is 0.385.